The van der Waals surface area contributed by atoms with Gasteiger partial charge in [-0.25, -0.2) is 0 Å². The van der Waals surface area contributed by atoms with Gasteiger partial charge in [-0.15, -0.1) is 11.3 Å². The van der Waals surface area contributed by atoms with E-state index in [1.165, 1.54) is 30.6 Å². The van der Waals surface area contributed by atoms with Crippen LogP contribution in [0.1, 0.15) is 20.8 Å². The molecule has 3 heteroatoms. The Morgan fingerprint density at radius 3 is 2.53 bits per heavy atom. The Bertz CT molecular complexity index is 706. The summed E-state index contributed by atoms with van der Waals surface area (Å²) in [7, 11) is 0. The molecule has 0 saturated carbocycles. The van der Waals surface area contributed by atoms with Crippen molar-refractivity contribution in [2.45, 2.75) is 11.8 Å². The van der Waals surface area contributed by atoms with Crippen molar-refractivity contribution in [1.82, 2.24) is 0 Å². The maximum atomic E-state index is 3.85. The maximum Gasteiger partial charge on any atom is 0.0744 e. The van der Waals surface area contributed by atoms with E-state index < -0.39 is 0 Å². The summed E-state index contributed by atoms with van der Waals surface area (Å²) in [5.74, 6) is 0. The number of alkyl halides is 1. The molecule has 3 aromatic rings. The summed E-state index contributed by atoms with van der Waals surface area (Å²) in [4.78, 5) is 1.58. The first-order valence-corrected chi connectivity index (χ1v) is 8.57. The van der Waals surface area contributed by atoms with Gasteiger partial charge in [0.2, 0.25) is 0 Å². The molecule has 0 aliphatic rings. The van der Waals surface area contributed by atoms with E-state index in [0.29, 0.717) is 0 Å². The lowest BCUT2D eigenvalue weighted by atomic mass is 10.0. The average Bonchev–Trinajstić information content (AvgIpc) is 2.77. The fourth-order valence-corrected chi connectivity index (χ4v) is 4.61. The second-order valence-electron chi connectivity index (χ2n) is 4.54. The molecule has 0 amide bonds. The molecular formula is C16H12Br2S. The van der Waals surface area contributed by atoms with Crippen LogP contribution in [0, 0.1) is 6.92 Å². The molecule has 1 aromatic heterocycles. The molecule has 0 fully saturated rings. The van der Waals surface area contributed by atoms with Crippen LogP contribution in [0.2, 0.25) is 0 Å². The first-order chi connectivity index (χ1) is 9.16. The Hall–Kier alpha value is -0.640. The third-order valence-corrected chi connectivity index (χ3v) is 6.71. The van der Waals surface area contributed by atoms with Crippen molar-refractivity contribution in [2.75, 3.05) is 0 Å². The molecule has 1 unspecified atom stereocenters. The number of hydrogen-bond acceptors (Lipinski definition) is 1. The van der Waals surface area contributed by atoms with E-state index in [0.717, 1.165) is 0 Å². The molecule has 0 spiro atoms. The second-order valence-corrected chi connectivity index (χ2v) is 7.85. The van der Waals surface area contributed by atoms with E-state index in [4.69, 9.17) is 0 Å². The first-order valence-electron chi connectivity index (χ1n) is 6.04. The van der Waals surface area contributed by atoms with Gasteiger partial charge in [0.15, 0.2) is 0 Å². The van der Waals surface area contributed by atoms with Crippen LogP contribution in [0.5, 0.6) is 0 Å². The molecule has 0 N–H and O–H groups in total. The van der Waals surface area contributed by atoms with Crippen LogP contribution in [0.4, 0.5) is 0 Å². The number of benzene rings is 2. The fourth-order valence-electron chi connectivity index (χ4n) is 2.23. The average molecular weight is 396 g/mol. The number of rotatable bonds is 2. The van der Waals surface area contributed by atoms with E-state index in [1.807, 2.05) is 0 Å². The van der Waals surface area contributed by atoms with Gasteiger partial charge < -0.3 is 0 Å². The van der Waals surface area contributed by atoms with Crippen LogP contribution in [-0.2, 0) is 0 Å². The minimum atomic E-state index is 0.244. The first kappa shape index (κ1) is 13.3. The summed E-state index contributed by atoms with van der Waals surface area (Å²) < 4.78 is 1.21. The van der Waals surface area contributed by atoms with E-state index in [-0.39, 0.29) is 4.83 Å². The lowest BCUT2D eigenvalue weighted by Crippen LogP contribution is -1.91. The largest absolute Gasteiger partial charge is 0.131 e. The highest BCUT2D eigenvalue weighted by atomic mass is 79.9. The predicted molar refractivity (Wildman–Crippen MR) is 91.5 cm³/mol. The molecule has 0 nitrogen and oxygen atoms in total. The normalized spacial score (nSPS) is 12.8. The van der Waals surface area contributed by atoms with Gasteiger partial charge in [0, 0.05) is 4.88 Å². The zero-order valence-corrected chi connectivity index (χ0v) is 14.3. The molecule has 96 valence electrons. The summed E-state index contributed by atoms with van der Waals surface area (Å²) in [6, 6.07) is 17.3. The molecule has 19 heavy (non-hydrogen) atoms. The maximum absolute atomic E-state index is 3.85. The van der Waals surface area contributed by atoms with Gasteiger partial charge in [-0.1, -0.05) is 58.4 Å². The van der Waals surface area contributed by atoms with Crippen molar-refractivity contribution < 1.29 is 0 Å². The summed E-state index contributed by atoms with van der Waals surface area (Å²) in [5, 5.41) is 2.60. The number of fused-ring (bicyclic) bond motifs is 1. The van der Waals surface area contributed by atoms with E-state index in [9.17, 15) is 0 Å². The molecule has 0 aliphatic heterocycles. The molecule has 0 aliphatic carbocycles. The van der Waals surface area contributed by atoms with Crippen LogP contribution in [0.15, 0.2) is 52.3 Å². The van der Waals surface area contributed by atoms with Crippen molar-refractivity contribution in [3.8, 4) is 0 Å². The summed E-state index contributed by atoms with van der Waals surface area (Å²) >= 11 is 9.25. The predicted octanol–water partition coefficient (Wildman–Crippen LogP) is 6.46. The monoisotopic (exact) mass is 394 g/mol. The van der Waals surface area contributed by atoms with Gasteiger partial charge in [0.05, 0.1) is 8.61 Å². The quantitative estimate of drug-likeness (QED) is 0.437. The molecular weight excluding hydrogens is 384 g/mol. The summed E-state index contributed by atoms with van der Waals surface area (Å²) in [6.45, 7) is 2.13. The lowest BCUT2D eigenvalue weighted by Gasteiger charge is -2.11. The fraction of sp³-hybridized carbons (Fsp3) is 0.125. The van der Waals surface area contributed by atoms with Gasteiger partial charge in [0.25, 0.3) is 0 Å². The summed E-state index contributed by atoms with van der Waals surface area (Å²) in [5.41, 5.74) is 2.62. The molecule has 3 rings (SSSR count). The van der Waals surface area contributed by atoms with Crippen molar-refractivity contribution in [2.24, 2.45) is 0 Å². The number of halogens is 2. The third kappa shape index (κ3) is 2.51. The Kier molecular flexibility index (Phi) is 3.79. The molecule has 0 saturated heterocycles. The van der Waals surface area contributed by atoms with Gasteiger partial charge in [0.1, 0.15) is 0 Å². The Morgan fingerprint density at radius 1 is 1.05 bits per heavy atom. The minimum absolute atomic E-state index is 0.244. The van der Waals surface area contributed by atoms with Crippen LogP contribution in [0.3, 0.4) is 0 Å². The van der Waals surface area contributed by atoms with Crippen molar-refractivity contribution in [3.63, 3.8) is 0 Å². The van der Waals surface area contributed by atoms with E-state index in [2.05, 4.69) is 87.3 Å². The van der Waals surface area contributed by atoms with Crippen molar-refractivity contribution in [1.29, 1.82) is 0 Å². The van der Waals surface area contributed by atoms with Crippen LogP contribution in [-0.4, -0.2) is 0 Å². The van der Waals surface area contributed by atoms with Crippen molar-refractivity contribution in [3.05, 3.63) is 68.3 Å². The zero-order chi connectivity index (χ0) is 13.4. The number of aryl methyl sites for hydroxylation is 1. The number of hydrogen-bond donors (Lipinski definition) is 0. The standard InChI is InChI=1S/C16H12Br2S/c1-10-9-14(19-16(10)18)15(17)13-8-4-6-11-5-2-3-7-12(11)13/h2-9,15H,1H3. The van der Waals surface area contributed by atoms with Crippen LogP contribution in [0.25, 0.3) is 10.8 Å². The highest BCUT2D eigenvalue weighted by Crippen LogP contribution is 2.41. The Labute approximate surface area is 133 Å². The van der Waals surface area contributed by atoms with Gasteiger partial charge in [-0.3, -0.25) is 0 Å². The van der Waals surface area contributed by atoms with Crippen molar-refractivity contribution >= 4 is 54.0 Å². The second kappa shape index (κ2) is 5.39. The van der Waals surface area contributed by atoms with E-state index >= 15 is 0 Å². The highest BCUT2D eigenvalue weighted by molar-refractivity contribution is 9.11. The smallest absolute Gasteiger partial charge is 0.0744 e. The molecule has 1 heterocycles. The van der Waals surface area contributed by atoms with E-state index in [1.54, 1.807) is 11.3 Å². The topological polar surface area (TPSA) is 0 Å². The van der Waals surface area contributed by atoms with Gasteiger partial charge in [-0.2, -0.15) is 0 Å². The molecule has 0 bridgehead atoms. The Balaban J connectivity index is 2.13. The van der Waals surface area contributed by atoms with Crippen LogP contribution < -0.4 is 0 Å². The zero-order valence-electron chi connectivity index (χ0n) is 10.4. The SMILES string of the molecule is Cc1cc(C(Br)c2cccc3ccccc23)sc1Br. The Morgan fingerprint density at radius 2 is 1.79 bits per heavy atom. The third-order valence-electron chi connectivity index (χ3n) is 3.22. The molecule has 1 atom stereocenters. The highest BCUT2D eigenvalue weighted by Gasteiger charge is 2.16. The summed E-state index contributed by atoms with van der Waals surface area (Å²) in [6.07, 6.45) is 0. The minimum Gasteiger partial charge on any atom is -0.131 e. The van der Waals surface area contributed by atoms with Crippen LogP contribution >= 0.6 is 43.2 Å². The number of thiophene rings is 1. The lowest BCUT2D eigenvalue weighted by molar-refractivity contribution is 1.24. The molecule has 0 radical (unpaired) electrons. The van der Waals surface area contributed by atoms with Gasteiger partial charge in [-0.05, 0) is 50.8 Å². The van der Waals surface area contributed by atoms with Gasteiger partial charge >= 0.3 is 0 Å². The molecule has 2 aromatic carbocycles.